The van der Waals surface area contributed by atoms with E-state index in [9.17, 15) is 0 Å². The van der Waals surface area contributed by atoms with Gasteiger partial charge in [0.1, 0.15) is 5.75 Å². The fraction of sp³-hybridized carbons (Fsp3) is 0.267. The van der Waals surface area contributed by atoms with Crippen molar-refractivity contribution >= 4 is 15.9 Å². The van der Waals surface area contributed by atoms with Crippen LogP contribution in [-0.2, 0) is 0 Å². The number of aryl methyl sites for hydroxylation is 1. The van der Waals surface area contributed by atoms with Gasteiger partial charge in [-0.05, 0) is 49.7 Å². The van der Waals surface area contributed by atoms with Gasteiger partial charge in [-0.1, -0.05) is 22.0 Å². The number of nitrogens with two attached hydrogens (primary N) is 1. The fourth-order valence-corrected chi connectivity index (χ4v) is 2.07. The molecule has 2 unspecified atom stereocenters. The van der Waals surface area contributed by atoms with Crippen molar-refractivity contribution in [3.05, 3.63) is 58.3 Å². The standard InChI is InChI=1S/C15H17BrN2O/c1-10-9-12(6-7-13(10)16)19-15(11(2)17)14-5-3-4-8-18-14/h3-9,11,15H,17H2,1-2H3. The SMILES string of the molecule is Cc1cc(OC(c2ccccn2)C(C)N)ccc1Br. The van der Waals surface area contributed by atoms with E-state index >= 15 is 0 Å². The number of benzene rings is 1. The van der Waals surface area contributed by atoms with Gasteiger partial charge in [0.2, 0.25) is 0 Å². The lowest BCUT2D eigenvalue weighted by Crippen LogP contribution is -2.29. The van der Waals surface area contributed by atoms with Gasteiger partial charge in [-0.25, -0.2) is 0 Å². The number of pyridine rings is 1. The molecule has 0 radical (unpaired) electrons. The van der Waals surface area contributed by atoms with Gasteiger partial charge in [-0.2, -0.15) is 0 Å². The Morgan fingerprint density at radius 3 is 2.63 bits per heavy atom. The van der Waals surface area contributed by atoms with Crippen molar-refractivity contribution in [1.29, 1.82) is 0 Å². The van der Waals surface area contributed by atoms with Crippen molar-refractivity contribution in [3.63, 3.8) is 0 Å². The molecule has 1 aromatic carbocycles. The van der Waals surface area contributed by atoms with Gasteiger partial charge in [0, 0.05) is 16.7 Å². The minimum absolute atomic E-state index is 0.140. The summed E-state index contributed by atoms with van der Waals surface area (Å²) in [5.74, 6) is 0.800. The van der Waals surface area contributed by atoms with Gasteiger partial charge in [0.05, 0.1) is 5.69 Å². The number of aromatic nitrogens is 1. The summed E-state index contributed by atoms with van der Waals surface area (Å²) in [6.45, 7) is 3.95. The quantitative estimate of drug-likeness (QED) is 0.936. The zero-order valence-corrected chi connectivity index (χ0v) is 12.6. The average molecular weight is 321 g/mol. The number of rotatable bonds is 4. The number of hydrogen-bond acceptors (Lipinski definition) is 3. The number of nitrogens with zero attached hydrogens (tertiary/aromatic N) is 1. The van der Waals surface area contributed by atoms with E-state index in [0.717, 1.165) is 21.5 Å². The summed E-state index contributed by atoms with van der Waals surface area (Å²) in [6, 6.07) is 11.5. The van der Waals surface area contributed by atoms with Crippen LogP contribution in [0.4, 0.5) is 0 Å². The molecule has 1 aromatic heterocycles. The average Bonchev–Trinajstić information content (AvgIpc) is 2.40. The van der Waals surface area contributed by atoms with Crippen LogP contribution in [0.3, 0.4) is 0 Å². The van der Waals surface area contributed by atoms with Gasteiger partial charge >= 0.3 is 0 Å². The van der Waals surface area contributed by atoms with Crippen LogP contribution in [0.5, 0.6) is 5.75 Å². The molecule has 0 saturated heterocycles. The Bertz CT molecular complexity index is 543. The molecule has 3 nitrogen and oxygen atoms in total. The lowest BCUT2D eigenvalue weighted by Gasteiger charge is -2.22. The molecule has 0 bridgehead atoms. The van der Waals surface area contributed by atoms with E-state index < -0.39 is 0 Å². The maximum Gasteiger partial charge on any atom is 0.155 e. The van der Waals surface area contributed by atoms with Crippen molar-refractivity contribution in [2.24, 2.45) is 5.73 Å². The van der Waals surface area contributed by atoms with Crippen LogP contribution in [0.2, 0.25) is 0 Å². The summed E-state index contributed by atoms with van der Waals surface area (Å²) in [5, 5.41) is 0. The molecule has 2 aromatic rings. The van der Waals surface area contributed by atoms with Gasteiger partial charge in [0.25, 0.3) is 0 Å². The van der Waals surface area contributed by atoms with Crippen LogP contribution < -0.4 is 10.5 Å². The summed E-state index contributed by atoms with van der Waals surface area (Å²) < 4.78 is 7.05. The predicted molar refractivity (Wildman–Crippen MR) is 80.1 cm³/mol. The van der Waals surface area contributed by atoms with Gasteiger partial charge < -0.3 is 10.5 Å². The molecule has 1 heterocycles. The molecule has 19 heavy (non-hydrogen) atoms. The topological polar surface area (TPSA) is 48.1 Å². The monoisotopic (exact) mass is 320 g/mol. The Balaban J connectivity index is 2.24. The second-order valence-electron chi connectivity index (χ2n) is 4.56. The Labute approximate surface area is 121 Å². The zero-order valence-electron chi connectivity index (χ0n) is 11.0. The third-order valence-electron chi connectivity index (χ3n) is 2.85. The Morgan fingerprint density at radius 2 is 2.05 bits per heavy atom. The van der Waals surface area contributed by atoms with Crippen LogP contribution in [0.15, 0.2) is 47.1 Å². The van der Waals surface area contributed by atoms with E-state index in [1.165, 1.54) is 0 Å². The normalized spacial score (nSPS) is 13.9. The summed E-state index contributed by atoms with van der Waals surface area (Å²) in [4.78, 5) is 4.32. The van der Waals surface area contributed by atoms with Gasteiger partial charge in [-0.3, -0.25) is 4.98 Å². The molecule has 0 spiro atoms. The second kappa shape index (κ2) is 6.17. The first-order chi connectivity index (χ1) is 9.08. The third-order valence-corrected chi connectivity index (χ3v) is 3.74. The highest BCUT2D eigenvalue weighted by atomic mass is 79.9. The highest BCUT2D eigenvalue weighted by Crippen LogP contribution is 2.26. The minimum atomic E-state index is -0.248. The largest absolute Gasteiger partial charge is 0.482 e. The molecule has 0 fully saturated rings. The number of halogens is 1. The van der Waals surface area contributed by atoms with Crippen molar-refractivity contribution < 1.29 is 4.74 Å². The highest BCUT2D eigenvalue weighted by molar-refractivity contribution is 9.10. The van der Waals surface area contributed by atoms with Crippen LogP contribution >= 0.6 is 15.9 Å². The van der Waals surface area contributed by atoms with Crippen LogP contribution in [0.25, 0.3) is 0 Å². The van der Waals surface area contributed by atoms with E-state index in [2.05, 4.69) is 20.9 Å². The molecule has 2 rings (SSSR count). The Hall–Kier alpha value is -1.39. The van der Waals surface area contributed by atoms with E-state index in [-0.39, 0.29) is 12.1 Å². The summed E-state index contributed by atoms with van der Waals surface area (Å²) in [7, 11) is 0. The first-order valence-electron chi connectivity index (χ1n) is 6.17. The van der Waals surface area contributed by atoms with E-state index in [0.29, 0.717) is 0 Å². The molecule has 0 amide bonds. The fourth-order valence-electron chi connectivity index (χ4n) is 1.82. The minimum Gasteiger partial charge on any atom is -0.482 e. The van der Waals surface area contributed by atoms with Crippen LogP contribution in [0, 0.1) is 6.92 Å². The van der Waals surface area contributed by atoms with E-state index in [1.807, 2.05) is 50.2 Å². The van der Waals surface area contributed by atoms with E-state index in [4.69, 9.17) is 10.5 Å². The molecular formula is C15H17BrN2O. The summed E-state index contributed by atoms with van der Waals surface area (Å²) >= 11 is 3.48. The number of ether oxygens (including phenoxy) is 1. The summed E-state index contributed by atoms with van der Waals surface area (Å²) in [6.07, 6.45) is 1.50. The molecule has 0 aliphatic rings. The Kier molecular flexibility index (Phi) is 4.56. The van der Waals surface area contributed by atoms with Crippen LogP contribution in [-0.4, -0.2) is 11.0 Å². The molecule has 100 valence electrons. The molecule has 2 atom stereocenters. The molecule has 2 N–H and O–H groups in total. The third kappa shape index (κ3) is 3.55. The van der Waals surface area contributed by atoms with Crippen molar-refractivity contribution in [1.82, 2.24) is 4.98 Å². The second-order valence-corrected chi connectivity index (χ2v) is 5.42. The molecule has 0 saturated carbocycles. The van der Waals surface area contributed by atoms with Crippen LogP contribution in [0.1, 0.15) is 24.3 Å². The lowest BCUT2D eigenvalue weighted by molar-refractivity contribution is 0.175. The molecular weight excluding hydrogens is 304 g/mol. The summed E-state index contributed by atoms with van der Waals surface area (Å²) in [5.41, 5.74) is 7.98. The zero-order chi connectivity index (χ0) is 13.8. The maximum atomic E-state index is 6.01. The van der Waals surface area contributed by atoms with E-state index in [1.54, 1.807) is 6.20 Å². The smallest absolute Gasteiger partial charge is 0.155 e. The first-order valence-corrected chi connectivity index (χ1v) is 6.96. The first kappa shape index (κ1) is 14.0. The lowest BCUT2D eigenvalue weighted by atomic mass is 10.1. The molecule has 0 aliphatic heterocycles. The maximum absolute atomic E-state index is 6.01. The molecule has 4 heteroatoms. The van der Waals surface area contributed by atoms with Crippen molar-refractivity contribution in [2.75, 3.05) is 0 Å². The predicted octanol–water partition coefficient (Wildman–Crippen LogP) is 3.62. The van der Waals surface area contributed by atoms with Crippen molar-refractivity contribution in [2.45, 2.75) is 26.0 Å². The highest BCUT2D eigenvalue weighted by Gasteiger charge is 2.19. The van der Waals surface area contributed by atoms with Gasteiger partial charge in [0.15, 0.2) is 6.10 Å². The van der Waals surface area contributed by atoms with Crippen molar-refractivity contribution in [3.8, 4) is 5.75 Å². The molecule has 0 aliphatic carbocycles. The number of hydrogen-bond donors (Lipinski definition) is 1. The Morgan fingerprint density at radius 1 is 1.26 bits per heavy atom. The van der Waals surface area contributed by atoms with Gasteiger partial charge in [-0.15, -0.1) is 0 Å².